The van der Waals surface area contributed by atoms with Crippen LogP contribution in [0.3, 0.4) is 0 Å². The molecule has 1 rings (SSSR count). The van der Waals surface area contributed by atoms with Crippen molar-refractivity contribution in [2.45, 2.75) is 31.7 Å². The Hall–Kier alpha value is -1.14. The van der Waals surface area contributed by atoms with Crippen LogP contribution in [0, 0.1) is 5.82 Å². The van der Waals surface area contributed by atoms with Crippen LogP contribution in [-0.2, 0) is 0 Å². The molecule has 0 heterocycles. The second kappa shape index (κ2) is 6.34. The van der Waals surface area contributed by atoms with Crippen molar-refractivity contribution in [1.82, 2.24) is 4.90 Å². The largest absolute Gasteiger partial charge is 0.415 e. The minimum Gasteiger partial charge on any atom is -0.382 e. The van der Waals surface area contributed by atoms with Crippen LogP contribution in [0.15, 0.2) is 24.3 Å². The lowest BCUT2D eigenvalue weighted by Gasteiger charge is -2.30. The van der Waals surface area contributed by atoms with Gasteiger partial charge < -0.3 is 5.11 Å². The summed E-state index contributed by atoms with van der Waals surface area (Å²) in [5.41, 5.74) is 0.723. The maximum Gasteiger partial charge on any atom is 0.415 e. The SMILES string of the molecule is CCC(c1ccc(F)cc1)N(C)CC(O)C(F)(F)F. The van der Waals surface area contributed by atoms with Gasteiger partial charge in [-0.15, -0.1) is 0 Å². The number of benzene rings is 1. The Morgan fingerprint density at radius 3 is 2.16 bits per heavy atom. The molecule has 0 radical (unpaired) electrons. The van der Waals surface area contributed by atoms with Gasteiger partial charge in [0.05, 0.1) is 0 Å². The van der Waals surface area contributed by atoms with Crippen molar-refractivity contribution < 1.29 is 22.7 Å². The number of likely N-dealkylation sites (N-methyl/N-ethyl adjacent to an activating group) is 1. The molecular formula is C13H17F4NO. The molecule has 0 aliphatic carbocycles. The van der Waals surface area contributed by atoms with Crippen LogP contribution in [-0.4, -0.2) is 35.9 Å². The molecule has 1 N–H and O–H groups in total. The highest BCUT2D eigenvalue weighted by molar-refractivity contribution is 5.19. The second-order valence-corrected chi connectivity index (χ2v) is 4.47. The topological polar surface area (TPSA) is 23.5 Å². The van der Waals surface area contributed by atoms with Crippen molar-refractivity contribution in [3.8, 4) is 0 Å². The maximum absolute atomic E-state index is 12.8. The zero-order valence-electron chi connectivity index (χ0n) is 10.8. The average molecular weight is 279 g/mol. The Kier molecular flexibility index (Phi) is 5.31. The predicted octanol–water partition coefficient (Wildman–Crippen LogP) is 3.13. The lowest BCUT2D eigenvalue weighted by Crippen LogP contribution is -2.40. The standard InChI is InChI=1S/C13H17F4NO/c1-3-11(9-4-6-10(14)7-5-9)18(2)8-12(19)13(15,16)17/h4-7,11-12,19H,3,8H2,1-2H3. The zero-order chi connectivity index (χ0) is 14.6. The number of hydrogen-bond acceptors (Lipinski definition) is 2. The molecule has 0 aliphatic heterocycles. The van der Waals surface area contributed by atoms with Gasteiger partial charge in [-0.2, -0.15) is 13.2 Å². The molecule has 0 bridgehead atoms. The van der Waals surface area contributed by atoms with Crippen LogP contribution in [0.5, 0.6) is 0 Å². The fourth-order valence-electron chi connectivity index (χ4n) is 1.99. The molecule has 6 heteroatoms. The molecule has 1 aromatic carbocycles. The van der Waals surface area contributed by atoms with E-state index in [-0.39, 0.29) is 6.04 Å². The molecule has 0 aliphatic rings. The summed E-state index contributed by atoms with van der Waals surface area (Å²) < 4.78 is 49.7. The van der Waals surface area contributed by atoms with Crippen LogP contribution < -0.4 is 0 Å². The van der Waals surface area contributed by atoms with Crippen LogP contribution in [0.1, 0.15) is 24.9 Å². The van der Waals surface area contributed by atoms with Crippen molar-refractivity contribution in [3.63, 3.8) is 0 Å². The number of halogens is 4. The zero-order valence-corrected chi connectivity index (χ0v) is 10.8. The van der Waals surface area contributed by atoms with E-state index in [1.165, 1.54) is 24.1 Å². The van der Waals surface area contributed by atoms with E-state index in [0.717, 1.165) is 5.56 Å². The van der Waals surface area contributed by atoms with E-state index >= 15 is 0 Å². The van der Waals surface area contributed by atoms with Gasteiger partial charge >= 0.3 is 6.18 Å². The van der Waals surface area contributed by atoms with Gasteiger partial charge in [-0.25, -0.2) is 4.39 Å². The van der Waals surface area contributed by atoms with Gasteiger partial charge in [-0.3, -0.25) is 4.90 Å². The normalized spacial score (nSPS) is 15.6. The minimum atomic E-state index is -4.63. The molecule has 2 unspecified atom stereocenters. The second-order valence-electron chi connectivity index (χ2n) is 4.47. The molecule has 108 valence electrons. The van der Waals surface area contributed by atoms with E-state index in [0.29, 0.717) is 6.42 Å². The fourth-order valence-corrected chi connectivity index (χ4v) is 1.99. The Morgan fingerprint density at radius 1 is 1.21 bits per heavy atom. The van der Waals surface area contributed by atoms with Gasteiger partial charge in [0.1, 0.15) is 5.82 Å². The molecule has 2 nitrogen and oxygen atoms in total. The van der Waals surface area contributed by atoms with E-state index < -0.39 is 24.6 Å². The minimum absolute atomic E-state index is 0.294. The molecule has 0 fully saturated rings. The number of aliphatic hydroxyl groups is 1. The van der Waals surface area contributed by atoms with Crippen molar-refractivity contribution in [3.05, 3.63) is 35.6 Å². The molecule has 19 heavy (non-hydrogen) atoms. The summed E-state index contributed by atoms with van der Waals surface area (Å²) in [6, 6.07) is 5.33. The third kappa shape index (κ3) is 4.47. The highest BCUT2D eigenvalue weighted by Gasteiger charge is 2.39. The van der Waals surface area contributed by atoms with Gasteiger partial charge in [0, 0.05) is 12.6 Å². The summed E-state index contributed by atoms with van der Waals surface area (Å²) in [4.78, 5) is 1.42. The Morgan fingerprint density at radius 2 is 1.74 bits per heavy atom. The first-order valence-electron chi connectivity index (χ1n) is 5.96. The molecule has 0 saturated heterocycles. The molecule has 0 saturated carbocycles. The molecular weight excluding hydrogens is 262 g/mol. The van der Waals surface area contributed by atoms with Crippen molar-refractivity contribution in [2.75, 3.05) is 13.6 Å². The van der Waals surface area contributed by atoms with Crippen LogP contribution >= 0.6 is 0 Å². The summed E-state index contributed by atoms with van der Waals surface area (Å²) in [7, 11) is 1.51. The number of nitrogens with zero attached hydrogens (tertiary/aromatic N) is 1. The Balaban J connectivity index is 2.77. The van der Waals surface area contributed by atoms with Crippen molar-refractivity contribution in [1.29, 1.82) is 0 Å². The summed E-state index contributed by atoms with van der Waals surface area (Å²) in [5, 5.41) is 9.06. The first-order valence-corrected chi connectivity index (χ1v) is 5.96. The quantitative estimate of drug-likeness (QED) is 0.837. The molecule has 0 aromatic heterocycles. The highest BCUT2D eigenvalue weighted by Crippen LogP contribution is 2.26. The van der Waals surface area contributed by atoms with Gasteiger partial charge in [-0.1, -0.05) is 19.1 Å². The molecule has 2 atom stereocenters. The average Bonchev–Trinajstić information content (AvgIpc) is 2.31. The third-order valence-corrected chi connectivity index (χ3v) is 3.01. The summed E-state index contributed by atoms with van der Waals surface area (Å²) in [6.07, 6.45) is -6.45. The van der Waals surface area contributed by atoms with E-state index in [1.54, 1.807) is 12.1 Å². The third-order valence-electron chi connectivity index (χ3n) is 3.01. The lowest BCUT2D eigenvalue weighted by atomic mass is 10.0. The van der Waals surface area contributed by atoms with Gasteiger partial charge in [0.2, 0.25) is 0 Å². The predicted molar refractivity (Wildman–Crippen MR) is 64.1 cm³/mol. The van der Waals surface area contributed by atoms with E-state index in [2.05, 4.69) is 0 Å². The van der Waals surface area contributed by atoms with E-state index in [9.17, 15) is 17.6 Å². The smallest absolute Gasteiger partial charge is 0.382 e. The maximum atomic E-state index is 12.8. The van der Waals surface area contributed by atoms with Crippen molar-refractivity contribution in [2.24, 2.45) is 0 Å². The molecule has 1 aromatic rings. The first kappa shape index (κ1) is 15.9. The summed E-state index contributed by atoms with van der Waals surface area (Å²) in [6.45, 7) is 1.31. The number of hydrogen-bond donors (Lipinski definition) is 1. The van der Waals surface area contributed by atoms with Crippen LogP contribution in [0.4, 0.5) is 17.6 Å². The van der Waals surface area contributed by atoms with Gasteiger partial charge in [-0.05, 0) is 31.2 Å². The highest BCUT2D eigenvalue weighted by atomic mass is 19.4. The summed E-state index contributed by atoms with van der Waals surface area (Å²) in [5.74, 6) is -0.392. The fraction of sp³-hybridized carbons (Fsp3) is 0.538. The first-order chi connectivity index (χ1) is 8.75. The Labute approximate surface area is 109 Å². The number of rotatable bonds is 5. The number of alkyl halides is 3. The Bertz CT molecular complexity index is 391. The van der Waals surface area contributed by atoms with Gasteiger partial charge in [0.15, 0.2) is 6.10 Å². The monoisotopic (exact) mass is 279 g/mol. The number of aliphatic hydroxyl groups excluding tert-OH is 1. The summed E-state index contributed by atoms with van der Waals surface area (Å²) >= 11 is 0. The molecule has 0 amide bonds. The molecule has 0 spiro atoms. The van der Waals surface area contributed by atoms with E-state index in [4.69, 9.17) is 5.11 Å². The van der Waals surface area contributed by atoms with Crippen LogP contribution in [0.2, 0.25) is 0 Å². The van der Waals surface area contributed by atoms with Crippen LogP contribution in [0.25, 0.3) is 0 Å². The van der Waals surface area contributed by atoms with Gasteiger partial charge in [0.25, 0.3) is 0 Å². The lowest BCUT2D eigenvalue weighted by molar-refractivity contribution is -0.208. The van der Waals surface area contributed by atoms with Crippen molar-refractivity contribution >= 4 is 0 Å². The van der Waals surface area contributed by atoms with E-state index in [1.807, 2.05) is 6.92 Å².